The van der Waals surface area contributed by atoms with Crippen molar-refractivity contribution in [3.63, 3.8) is 0 Å². The van der Waals surface area contributed by atoms with Gasteiger partial charge >= 0.3 is 25.7 Å². The summed E-state index contributed by atoms with van der Waals surface area (Å²) in [6.45, 7) is 29.3. The molecule has 0 aromatic rings. The van der Waals surface area contributed by atoms with E-state index in [0.29, 0.717) is 0 Å². The lowest BCUT2D eigenvalue weighted by atomic mass is 10.9. The third-order valence-corrected chi connectivity index (χ3v) is 34.0. The standard InChI is InChI=1S/C24H58O4Si5/c1-13-29(14-2,15-3)25-31(19-7,20-8)27-33(23-11,24-12)28-32(21-9,22-10)26-30(16-4,17-5)18-6/h13H,1,14-24H2,2-12H3. The van der Waals surface area contributed by atoms with Gasteiger partial charge in [-0.15, -0.1) is 6.58 Å². The minimum absolute atomic E-state index is 0.958. The fraction of sp³-hybridized carbons (Fsp3) is 0.917. The second-order valence-corrected chi connectivity index (χ2v) is 30.9. The van der Waals surface area contributed by atoms with Crippen LogP contribution in [-0.4, -0.2) is 42.3 Å². The van der Waals surface area contributed by atoms with Crippen molar-refractivity contribution >= 4 is 42.3 Å². The highest BCUT2D eigenvalue weighted by Crippen LogP contribution is 2.38. The van der Waals surface area contributed by atoms with Crippen LogP contribution in [0.3, 0.4) is 0 Å². The quantitative estimate of drug-likeness (QED) is 0.142. The lowest BCUT2D eigenvalue weighted by Gasteiger charge is -2.48. The summed E-state index contributed by atoms with van der Waals surface area (Å²) in [5.74, 6) is 0. The van der Waals surface area contributed by atoms with E-state index in [-0.39, 0.29) is 0 Å². The molecule has 4 nitrogen and oxygen atoms in total. The molecule has 0 bridgehead atoms. The van der Waals surface area contributed by atoms with Crippen LogP contribution in [0.2, 0.25) is 66.5 Å². The van der Waals surface area contributed by atoms with Crippen LogP contribution < -0.4 is 0 Å². The molecule has 0 aliphatic rings. The Morgan fingerprint density at radius 3 is 0.970 bits per heavy atom. The van der Waals surface area contributed by atoms with Crippen LogP contribution in [0, 0.1) is 0 Å². The molecule has 0 saturated heterocycles. The zero-order valence-electron chi connectivity index (χ0n) is 24.2. The Kier molecular flexibility index (Phi) is 15.3. The highest BCUT2D eigenvalue weighted by atomic mass is 28.5. The van der Waals surface area contributed by atoms with Crippen LogP contribution in [-0.2, 0) is 16.5 Å². The van der Waals surface area contributed by atoms with E-state index in [1.165, 1.54) is 0 Å². The first kappa shape index (κ1) is 33.7. The molecule has 0 aliphatic heterocycles. The smallest absolute Gasteiger partial charge is 0.320 e. The summed E-state index contributed by atoms with van der Waals surface area (Å²) in [4.78, 5) is 0. The van der Waals surface area contributed by atoms with Gasteiger partial charge in [0.15, 0.2) is 8.32 Å². The Morgan fingerprint density at radius 1 is 0.424 bits per heavy atom. The topological polar surface area (TPSA) is 36.9 Å². The Bertz CT molecular complexity index is 533. The molecule has 198 valence electrons. The van der Waals surface area contributed by atoms with Crippen LogP contribution in [0.15, 0.2) is 12.3 Å². The molecule has 0 aromatic heterocycles. The van der Waals surface area contributed by atoms with E-state index in [2.05, 4.69) is 88.4 Å². The summed E-state index contributed by atoms with van der Waals surface area (Å²) < 4.78 is 29.1. The molecule has 0 heterocycles. The van der Waals surface area contributed by atoms with E-state index < -0.39 is 42.3 Å². The van der Waals surface area contributed by atoms with Gasteiger partial charge in [-0.25, -0.2) is 0 Å². The summed E-state index contributed by atoms with van der Waals surface area (Å²) in [6.07, 6.45) is 0. The molecule has 9 heteroatoms. The van der Waals surface area contributed by atoms with Gasteiger partial charge in [-0.3, -0.25) is 0 Å². The van der Waals surface area contributed by atoms with Gasteiger partial charge in [0.1, 0.15) is 0 Å². The molecule has 0 aliphatic carbocycles. The highest BCUT2D eigenvalue weighted by Gasteiger charge is 2.54. The van der Waals surface area contributed by atoms with Gasteiger partial charge in [0.2, 0.25) is 8.32 Å². The predicted octanol–water partition coefficient (Wildman–Crippen LogP) is 9.21. The van der Waals surface area contributed by atoms with Crippen molar-refractivity contribution in [3.8, 4) is 0 Å². The fourth-order valence-electron chi connectivity index (χ4n) is 4.81. The van der Waals surface area contributed by atoms with Crippen molar-refractivity contribution in [2.24, 2.45) is 0 Å². The first-order valence-corrected chi connectivity index (χ1v) is 25.6. The summed E-state index contributed by atoms with van der Waals surface area (Å²) in [6, 6.07) is 11.5. The minimum Gasteiger partial charge on any atom is -0.436 e. The third-order valence-electron chi connectivity index (χ3n) is 8.27. The Morgan fingerprint density at radius 2 is 0.727 bits per heavy atom. The van der Waals surface area contributed by atoms with E-state index in [1.54, 1.807) is 0 Å². The lowest BCUT2D eigenvalue weighted by Crippen LogP contribution is -2.64. The molecule has 0 aromatic carbocycles. The normalized spacial score (nSPS) is 14.0. The van der Waals surface area contributed by atoms with Crippen molar-refractivity contribution in [1.82, 2.24) is 0 Å². The number of hydrogen-bond acceptors (Lipinski definition) is 4. The molecule has 0 atom stereocenters. The maximum Gasteiger partial charge on any atom is 0.320 e. The molecule has 0 radical (unpaired) electrons. The van der Waals surface area contributed by atoms with E-state index >= 15 is 0 Å². The first-order chi connectivity index (χ1) is 15.6. The van der Waals surface area contributed by atoms with Crippen molar-refractivity contribution in [3.05, 3.63) is 12.3 Å². The average molecular weight is 551 g/mol. The maximum atomic E-state index is 7.37. The van der Waals surface area contributed by atoms with Crippen molar-refractivity contribution in [2.75, 3.05) is 0 Å². The van der Waals surface area contributed by atoms with E-state index in [9.17, 15) is 0 Å². The van der Waals surface area contributed by atoms with Crippen molar-refractivity contribution in [2.45, 2.75) is 143 Å². The van der Waals surface area contributed by atoms with Gasteiger partial charge in [-0.05, 0) is 66.5 Å². The summed E-state index contributed by atoms with van der Waals surface area (Å²) in [5.41, 5.74) is 2.15. The largest absolute Gasteiger partial charge is 0.436 e. The molecule has 0 spiro atoms. The average Bonchev–Trinajstić information content (AvgIpc) is 2.89. The van der Waals surface area contributed by atoms with Crippen molar-refractivity contribution < 1.29 is 16.5 Å². The molecular weight excluding hydrogens is 493 g/mol. The Labute approximate surface area is 213 Å². The zero-order chi connectivity index (χ0) is 25.8. The van der Waals surface area contributed by atoms with E-state index in [4.69, 9.17) is 16.5 Å². The third kappa shape index (κ3) is 8.35. The SMILES string of the molecule is C=C[Si](CC)(CC)O[Si](CC)(CC)O[Si](CC)(CC)O[Si](CC)(CC)O[Si](CC)(CC)CC. The number of rotatable bonds is 20. The second kappa shape index (κ2) is 15.0. The Balaban J connectivity index is 6.34. The van der Waals surface area contributed by atoms with Gasteiger partial charge in [0.25, 0.3) is 0 Å². The second-order valence-electron chi connectivity index (χ2n) is 9.48. The van der Waals surface area contributed by atoms with Gasteiger partial charge in [-0.2, -0.15) is 0 Å². The molecule has 0 rings (SSSR count). The van der Waals surface area contributed by atoms with Gasteiger partial charge in [0.05, 0.1) is 0 Å². The molecule has 0 amide bonds. The zero-order valence-corrected chi connectivity index (χ0v) is 29.2. The molecule has 0 N–H and O–H groups in total. The minimum atomic E-state index is -2.49. The van der Waals surface area contributed by atoms with Gasteiger partial charge in [0, 0.05) is 0 Å². The first-order valence-electron chi connectivity index (χ1n) is 14.0. The molecular formula is C24H58O4Si5. The van der Waals surface area contributed by atoms with Crippen LogP contribution >= 0.6 is 0 Å². The van der Waals surface area contributed by atoms with Gasteiger partial charge < -0.3 is 16.5 Å². The lowest BCUT2D eigenvalue weighted by molar-refractivity contribution is 0.272. The van der Waals surface area contributed by atoms with Crippen molar-refractivity contribution in [1.29, 1.82) is 0 Å². The summed E-state index contributed by atoms with van der Waals surface area (Å²) >= 11 is 0. The van der Waals surface area contributed by atoms with Crippen LogP contribution in [0.5, 0.6) is 0 Å². The highest BCUT2D eigenvalue weighted by molar-refractivity contribution is 6.93. The molecule has 0 unspecified atom stereocenters. The molecule has 33 heavy (non-hydrogen) atoms. The van der Waals surface area contributed by atoms with Crippen LogP contribution in [0.1, 0.15) is 76.2 Å². The molecule has 0 saturated carbocycles. The van der Waals surface area contributed by atoms with Crippen LogP contribution in [0.4, 0.5) is 0 Å². The summed E-state index contributed by atoms with van der Waals surface area (Å²) in [5, 5.41) is 0. The predicted molar refractivity (Wildman–Crippen MR) is 159 cm³/mol. The van der Waals surface area contributed by atoms with E-state index in [1.807, 2.05) is 0 Å². The monoisotopic (exact) mass is 550 g/mol. The maximum absolute atomic E-state index is 7.37. The number of hydrogen-bond donors (Lipinski definition) is 0. The summed E-state index contributed by atoms with van der Waals surface area (Å²) in [7, 11) is -11.1. The molecule has 0 fully saturated rings. The van der Waals surface area contributed by atoms with Gasteiger partial charge in [-0.1, -0.05) is 81.9 Å². The van der Waals surface area contributed by atoms with Crippen LogP contribution in [0.25, 0.3) is 0 Å². The fourth-order valence-corrected chi connectivity index (χ4v) is 32.2. The van der Waals surface area contributed by atoms with E-state index in [0.717, 1.165) is 66.5 Å². The Hall–Kier alpha value is 0.664.